The fraction of sp³-hybridized carbons (Fsp3) is 0.138. The van der Waals surface area contributed by atoms with Crippen molar-refractivity contribution in [3.8, 4) is 22.6 Å². The molecule has 4 rings (SSSR count). The van der Waals surface area contributed by atoms with Gasteiger partial charge in [0, 0.05) is 12.7 Å². The zero-order valence-electron chi connectivity index (χ0n) is 19.3. The van der Waals surface area contributed by atoms with E-state index in [1.807, 2.05) is 66.5 Å². The first-order valence-electron chi connectivity index (χ1n) is 11.1. The van der Waals surface area contributed by atoms with E-state index in [-0.39, 0.29) is 5.56 Å². The molecule has 0 fully saturated rings. The predicted molar refractivity (Wildman–Crippen MR) is 139 cm³/mol. The molecular formula is C29H26ClNO3. The zero-order chi connectivity index (χ0) is 24.2. The van der Waals surface area contributed by atoms with Crippen LogP contribution in [0.1, 0.15) is 35.7 Å². The van der Waals surface area contributed by atoms with E-state index in [0.29, 0.717) is 28.1 Å². The van der Waals surface area contributed by atoms with E-state index >= 15 is 0 Å². The average Bonchev–Trinajstić information content (AvgIpc) is 2.85. The molecule has 0 bridgehead atoms. The number of aromatic carboxylic acids is 1. The van der Waals surface area contributed by atoms with E-state index < -0.39 is 5.97 Å². The highest BCUT2D eigenvalue weighted by molar-refractivity contribution is 6.32. The van der Waals surface area contributed by atoms with Gasteiger partial charge in [-0.3, -0.25) is 0 Å². The highest BCUT2D eigenvalue weighted by Gasteiger charge is 2.15. The van der Waals surface area contributed by atoms with Gasteiger partial charge < -0.3 is 14.7 Å². The molecule has 0 aliphatic carbocycles. The maximum absolute atomic E-state index is 11.6. The number of para-hydroxylation sites is 1. The standard InChI is InChI=1S/C29H26ClNO3/c1-19(2)23-8-4-5-9-24(23)20-12-17-28(26(30)18-20)34-22-15-13-21(14-16-22)31(3)27-11-7-6-10-25(27)29(32)33/h4-19H,1-3H3,(H,32,33). The molecule has 0 spiro atoms. The van der Waals surface area contributed by atoms with Crippen molar-refractivity contribution in [2.45, 2.75) is 19.8 Å². The summed E-state index contributed by atoms with van der Waals surface area (Å²) in [6.45, 7) is 4.36. The summed E-state index contributed by atoms with van der Waals surface area (Å²) >= 11 is 6.58. The van der Waals surface area contributed by atoms with Gasteiger partial charge in [0.1, 0.15) is 11.5 Å². The Kier molecular flexibility index (Phi) is 6.90. The van der Waals surface area contributed by atoms with Gasteiger partial charge in [-0.25, -0.2) is 4.79 Å². The number of nitrogens with zero attached hydrogens (tertiary/aromatic N) is 1. The van der Waals surface area contributed by atoms with Crippen LogP contribution < -0.4 is 9.64 Å². The van der Waals surface area contributed by atoms with Gasteiger partial charge in [-0.2, -0.15) is 0 Å². The number of ether oxygens (including phenoxy) is 1. The average molecular weight is 472 g/mol. The Morgan fingerprint density at radius 3 is 2.26 bits per heavy atom. The van der Waals surface area contributed by atoms with E-state index in [4.69, 9.17) is 16.3 Å². The topological polar surface area (TPSA) is 49.8 Å². The minimum absolute atomic E-state index is 0.247. The second-order valence-corrected chi connectivity index (χ2v) is 8.77. The monoisotopic (exact) mass is 471 g/mol. The highest BCUT2D eigenvalue weighted by atomic mass is 35.5. The lowest BCUT2D eigenvalue weighted by atomic mass is 9.93. The molecule has 4 aromatic carbocycles. The minimum atomic E-state index is -0.962. The number of carbonyl (C=O) groups is 1. The van der Waals surface area contributed by atoms with Gasteiger partial charge in [0.15, 0.2) is 0 Å². The molecule has 172 valence electrons. The molecule has 0 heterocycles. The van der Waals surface area contributed by atoms with Crippen molar-refractivity contribution in [3.63, 3.8) is 0 Å². The van der Waals surface area contributed by atoms with E-state index in [9.17, 15) is 9.90 Å². The lowest BCUT2D eigenvalue weighted by Crippen LogP contribution is -2.13. The Balaban J connectivity index is 1.54. The van der Waals surface area contributed by atoms with Crippen molar-refractivity contribution in [1.82, 2.24) is 0 Å². The number of rotatable bonds is 7. The summed E-state index contributed by atoms with van der Waals surface area (Å²) in [7, 11) is 1.84. The van der Waals surface area contributed by atoms with Crippen molar-refractivity contribution in [2.24, 2.45) is 0 Å². The van der Waals surface area contributed by atoms with E-state index in [0.717, 1.165) is 11.3 Å². The number of carboxylic acids is 1. The van der Waals surface area contributed by atoms with Crippen LogP contribution in [0.25, 0.3) is 11.1 Å². The van der Waals surface area contributed by atoms with Crippen LogP contribution in [-0.2, 0) is 0 Å². The van der Waals surface area contributed by atoms with Crippen LogP contribution in [0.4, 0.5) is 11.4 Å². The van der Waals surface area contributed by atoms with Gasteiger partial charge in [-0.1, -0.05) is 67.9 Å². The Morgan fingerprint density at radius 2 is 1.59 bits per heavy atom. The largest absolute Gasteiger partial charge is 0.478 e. The number of benzene rings is 4. The maximum Gasteiger partial charge on any atom is 0.337 e. The van der Waals surface area contributed by atoms with Gasteiger partial charge in [0.25, 0.3) is 0 Å². The second-order valence-electron chi connectivity index (χ2n) is 8.36. The van der Waals surface area contributed by atoms with Crippen LogP contribution >= 0.6 is 11.6 Å². The smallest absolute Gasteiger partial charge is 0.337 e. The normalized spacial score (nSPS) is 10.9. The molecule has 0 unspecified atom stereocenters. The number of halogens is 1. The van der Waals surface area contributed by atoms with Crippen molar-refractivity contribution < 1.29 is 14.6 Å². The first-order chi connectivity index (χ1) is 16.3. The Labute approximate surface area is 205 Å². The third-order valence-corrected chi connectivity index (χ3v) is 6.07. The summed E-state index contributed by atoms with van der Waals surface area (Å²) in [6.07, 6.45) is 0. The predicted octanol–water partition coefficient (Wildman–Crippen LogP) is 8.39. The summed E-state index contributed by atoms with van der Waals surface area (Å²) in [4.78, 5) is 13.4. The Morgan fingerprint density at radius 1 is 0.912 bits per heavy atom. The summed E-state index contributed by atoms with van der Waals surface area (Å²) < 4.78 is 6.04. The molecular weight excluding hydrogens is 446 g/mol. The Hall–Kier alpha value is -3.76. The number of hydrogen-bond donors (Lipinski definition) is 1. The third kappa shape index (κ3) is 4.92. The van der Waals surface area contributed by atoms with E-state index in [1.165, 1.54) is 11.1 Å². The molecule has 0 radical (unpaired) electrons. The van der Waals surface area contributed by atoms with Crippen LogP contribution in [0.3, 0.4) is 0 Å². The molecule has 4 aromatic rings. The first-order valence-corrected chi connectivity index (χ1v) is 11.5. The molecule has 0 atom stereocenters. The molecule has 0 saturated heterocycles. The van der Waals surface area contributed by atoms with E-state index in [1.54, 1.807) is 18.2 Å². The molecule has 4 nitrogen and oxygen atoms in total. The maximum atomic E-state index is 11.6. The number of hydrogen-bond acceptors (Lipinski definition) is 3. The summed E-state index contributed by atoms with van der Waals surface area (Å²) in [5.41, 5.74) is 5.19. The fourth-order valence-electron chi connectivity index (χ4n) is 3.97. The van der Waals surface area contributed by atoms with Gasteiger partial charge >= 0.3 is 5.97 Å². The van der Waals surface area contributed by atoms with Crippen LogP contribution in [0, 0.1) is 0 Å². The lowest BCUT2D eigenvalue weighted by molar-refractivity contribution is 0.0697. The van der Waals surface area contributed by atoms with Crippen molar-refractivity contribution in [3.05, 3.63) is 107 Å². The van der Waals surface area contributed by atoms with E-state index in [2.05, 4.69) is 32.0 Å². The molecule has 0 aromatic heterocycles. The van der Waals surface area contributed by atoms with Gasteiger partial charge in [-0.05, 0) is 71.1 Å². The van der Waals surface area contributed by atoms with Gasteiger partial charge in [0.05, 0.1) is 16.3 Å². The van der Waals surface area contributed by atoms with Crippen molar-refractivity contribution in [1.29, 1.82) is 0 Å². The molecule has 0 saturated carbocycles. The molecule has 0 aliphatic heterocycles. The quantitative estimate of drug-likeness (QED) is 0.294. The SMILES string of the molecule is CC(C)c1ccccc1-c1ccc(Oc2ccc(N(C)c3ccccc3C(=O)O)cc2)c(Cl)c1. The van der Waals surface area contributed by atoms with Crippen molar-refractivity contribution >= 4 is 28.9 Å². The van der Waals surface area contributed by atoms with Gasteiger partial charge in [-0.15, -0.1) is 0 Å². The van der Waals surface area contributed by atoms with Crippen molar-refractivity contribution in [2.75, 3.05) is 11.9 Å². The first kappa shape index (κ1) is 23.4. The summed E-state index contributed by atoms with van der Waals surface area (Å²) in [5, 5.41) is 10.0. The highest BCUT2D eigenvalue weighted by Crippen LogP contribution is 2.37. The zero-order valence-corrected chi connectivity index (χ0v) is 20.1. The fourth-order valence-corrected chi connectivity index (χ4v) is 4.18. The number of carboxylic acid groups (broad SMARTS) is 1. The van der Waals surface area contributed by atoms with Gasteiger partial charge in [0.2, 0.25) is 0 Å². The van der Waals surface area contributed by atoms with Crippen LogP contribution in [-0.4, -0.2) is 18.1 Å². The second kappa shape index (κ2) is 10.0. The molecule has 0 aliphatic rings. The Bertz CT molecular complexity index is 1320. The van der Waals surface area contributed by atoms with Crippen LogP contribution in [0.2, 0.25) is 5.02 Å². The lowest BCUT2D eigenvalue weighted by Gasteiger charge is -2.21. The molecule has 34 heavy (non-hydrogen) atoms. The summed E-state index contributed by atoms with van der Waals surface area (Å²) in [6, 6.07) is 28.6. The molecule has 5 heteroatoms. The summed E-state index contributed by atoms with van der Waals surface area (Å²) in [5.74, 6) is 0.659. The van der Waals surface area contributed by atoms with Crippen LogP contribution in [0.5, 0.6) is 11.5 Å². The molecule has 1 N–H and O–H groups in total. The third-order valence-electron chi connectivity index (χ3n) is 5.77. The molecule has 0 amide bonds. The minimum Gasteiger partial charge on any atom is -0.478 e. The van der Waals surface area contributed by atoms with Crippen LogP contribution in [0.15, 0.2) is 91.0 Å². The number of anilines is 2.